The van der Waals surface area contributed by atoms with Crippen molar-refractivity contribution in [1.82, 2.24) is 4.98 Å². The number of aromatic nitrogens is 1. The Balaban J connectivity index is 1.84. The normalized spacial score (nSPS) is 11.2. The van der Waals surface area contributed by atoms with Gasteiger partial charge in [-0.2, -0.15) is 0 Å². The number of anilines is 1. The predicted molar refractivity (Wildman–Crippen MR) is 119 cm³/mol. The summed E-state index contributed by atoms with van der Waals surface area (Å²) in [6, 6.07) is 18.1. The van der Waals surface area contributed by atoms with Crippen molar-refractivity contribution in [1.29, 1.82) is 0 Å². The molecule has 3 rings (SSSR count). The molecule has 0 spiro atoms. The highest BCUT2D eigenvalue weighted by molar-refractivity contribution is 6.31. The summed E-state index contributed by atoms with van der Waals surface area (Å²) in [6.07, 6.45) is 6.76. The number of unbranched alkanes of at least 4 members (excludes halogenated alkanes) is 1. The molecular formula is C24H21ClN2O3. The Hall–Kier alpha value is -3.44. The number of allylic oxidation sites excluding steroid dienone is 1. The number of pyridine rings is 1. The van der Waals surface area contributed by atoms with Crippen LogP contribution in [0.5, 0.6) is 0 Å². The van der Waals surface area contributed by atoms with Crippen LogP contribution in [-0.4, -0.2) is 22.0 Å². The van der Waals surface area contributed by atoms with Gasteiger partial charge >= 0.3 is 5.97 Å². The van der Waals surface area contributed by atoms with E-state index in [0.717, 1.165) is 16.7 Å². The van der Waals surface area contributed by atoms with Crippen LogP contribution >= 0.6 is 11.6 Å². The third-order valence-electron chi connectivity index (χ3n) is 4.43. The average Bonchev–Trinajstić information content (AvgIpc) is 2.74. The zero-order valence-corrected chi connectivity index (χ0v) is 17.0. The summed E-state index contributed by atoms with van der Waals surface area (Å²) in [5.74, 6) is -1.06. The van der Waals surface area contributed by atoms with Crippen LogP contribution in [0.25, 0.3) is 5.57 Å². The van der Waals surface area contributed by atoms with Crippen LogP contribution < -0.4 is 5.32 Å². The van der Waals surface area contributed by atoms with Gasteiger partial charge in [0.25, 0.3) is 5.91 Å². The molecule has 5 nitrogen and oxygen atoms in total. The number of rotatable bonds is 8. The molecule has 1 heterocycles. The van der Waals surface area contributed by atoms with Gasteiger partial charge in [-0.15, -0.1) is 0 Å². The first-order valence-electron chi connectivity index (χ1n) is 9.52. The van der Waals surface area contributed by atoms with Crippen LogP contribution in [-0.2, 0) is 4.79 Å². The minimum Gasteiger partial charge on any atom is -0.481 e. The Bertz CT molecular complexity index is 1060. The Morgan fingerprint density at radius 1 is 1.00 bits per heavy atom. The zero-order valence-electron chi connectivity index (χ0n) is 16.2. The molecule has 2 N–H and O–H groups in total. The molecule has 0 aliphatic heterocycles. The zero-order chi connectivity index (χ0) is 21.3. The van der Waals surface area contributed by atoms with Crippen LogP contribution in [0.3, 0.4) is 0 Å². The van der Waals surface area contributed by atoms with Crippen molar-refractivity contribution in [3.63, 3.8) is 0 Å². The van der Waals surface area contributed by atoms with E-state index in [0.29, 0.717) is 29.1 Å². The molecule has 0 fully saturated rings. The van der Waals surface area contributed by atoms with Crippen molar-refractivity contribution in [2.45, 2.75) is 19.3 Å². The number of benzene rings is 2. The maximum Gasteiger partial charge on any atom is 0.303 e. The summed E-state index contributed by atoms with van der Waals surface area (Å²) < 4.78 is 0. The number of aliphatic carboxylic acids is 1. The molecular weight excluding hydrogens is 400 g/mol. The summed E-state index contributed by atoms with van der Waals surface area (Å²) in [7, 11) is 0. The summed E-state index contributed by atoms with van der Waals surface area (Å²) in [5.41, 5.74) is 3.89. The molecule has 0 aliphatic carbocycles. The predicted octanol–water partition coefficient (Wildman–Crippen LogP) is 5.67. The van der Waals surface area contributed by atoms with Crippen LogP contribution in [0.4, 0.5) is 5.69 Å². The highest BCUT2D eigenvalue weighted by Gasteiger charge is 2.10. The fourth-order valence-corrected chi connectivity index (χ4v) is 3.21. The number of carbonyl (C=O) groups is 2. The number of amides is 1. The number of nitrogens with one attached hydrogen (secondary N) is 1. The lowest BCUT2D eigenvalue weighted by atomic mass is 9.97. The van der Waals surface area contributed by atoms with Gasteiger partial charge in [-0.25, -0.2) is 0 Å². The van der Waals surface area contributed by atoms with Crippen molar-refractivity contribution < 1.29 is 14.7 Å². The topological polar surface area (TPSA) is 79.3 Å². The van der Waals surface area contributed by atoms with Gasteiger partial charge in [0.1, 0.15) is 0 Å². The van der Waals surface area contributed by atoms with Crippen LogP contribution in [0.2, 0.25) is 5.02 Å². The average molecular weight is 421 g/mol. The van der Waals surface area contributed by atoms with E-state index >= 15 is 0 Å². The summed E-state index contributed by atoms with van der Waals surface area (Å²) in [6.45, 7) is 0. The Labute approximate surface area is 180 Å². The highest BCUT2D eigenvalue weighted by Crippen LogP contribution is 2.26. The van der Waals surface area contributed by atoms with Gasteiger partial charge < -0.3 is 10.4 Å². The molecule has 0 atom stereocenters. The summed E-state index contributed by atoms with van der Waals surface area (Å²) in [4.78, 5) is 27.5. The Morgan fingerprint density at radius 3 is 2.50 bits per heavy atom. The third-order valence-corrected chi connectivity index (χ3v) is 4.67. The first-order chi connectivity index (χ1) is 14.5. The van der Waals surface area contributed by atoms with Crippen molar-refractivity contribution in [2.24, 2.45) is 0 Å². The van der Waals surface area contributed by atoms with E-state index in [1.165, 1.54) is 0 Å². The summed E-state index contributed by atoms with van der Waals surface area (Å²) in [5, 5.41) is 12.3. The van der Waals surface area contributed by atoms with Gasteiger partial charge in [0.05, 0.1) is 0 Å². The first-order valence-corrected chi connectivity index (χ1v) is 9.90. The molecule has 152 valence electrons. The first kappa shape index (κ1) is 21.3. The van der Waals surface area contributed by atoms with Gasteiger partial charge in [0, 0.05) is 40.7 Å². The molecule has 1 amide bonds. The standard InChI is InChI=1S/C24H21ClN2O3/c25-20-9-3-7-18(14-20)24(30)27-21-10-4-6-17(15-21)22(11-1-2-12-23(28)29)19-8-5-13-26-16-19/h3-11,13-16H,1-2,12H2,(H,27,30)(H,28,29). The molecule has 2 aromatic carbocycles. The molecule has 30 heavy (non-hydrogen) atoms. The molecule has 3 aromatic rings. The third kappa shape index (κ3) is 6.03. The number of hydrogen-bond acceptors (Lipinski definition) is 3. The number of carbonyl (C=O) groups excluding carboxylic acids is 1. The Morgan fingerprint density at radius 2 is 1.77 bits per heavy atom. The van der Waals surface area contributed by atoms with Crippen molar-refractivity contribution >= 4 is 34.7 Å². The fraction of sp³-hybridized carbons (Fsp3) is 0.125. The van der Waals surface area contributed by atoms with Crippen molar-refractivity contribution in [3.05, 3.63) is 101 Å². The molecule has 6 heteroatoms. The number of halogens is 1. The molecule has 1 aromatic heterocycles. The summed E-state index contributed by atoms with van der Waals surface area (Å²) >= 11 is 5.98. The van der Waals surface area contributed by atoms with E-state index in [1.807, 2.05) is 42.5 Å². The SMILES string of the molecule is O=C(O)CCCC=C(c1cccnc1)c1cccc(NC(=O)c2cccc(Cl)c2)c1. The second-order valence-corrected chi connectivity index (χ2v) is 7.13. The number of nitrogens with zero attached hydrogens (tertiary/aromatic N) is 1. The van der Waals surface area contributed by atoms with Gasteiger partial charge in [0.15, 0.2) is 0 Å². The van der Waals surface area contributed by atoms with E-state index < -0.39 is 5.97 Å². The van der Waals surface area contributed by atoms with Gasteiger partial charge in [0.2, 0.25) is 0 Å². The number of carboxylic acid groups (broad SMARTS) is 1. The minimum atomic E-state index is -0.808. The molecule has 0 bridgehead atoms. The lowest BCUT2D eigenvalue weighted by Crippen LogP contribution is -2.11. The smallest absolute Gasteiger partial charge is 0.303 e. The molecule has 0 saturated heterocycles. The van der Waals surface area contributed by atoms with E-state index in [2.05, 4.69) is 10.3 Å². The van der Waals surface area contributed by atoms with Gasteiger partial charge in [-0.05, 0) is 60.4 Å². The molecule has 0 aliphatic rings. The molecule has 0 radical (unpaired) electrons. The largest absolute Gasteiger partial charge is 0.481 e. The fourth-order valence-electron chi connectivity index (χ4n) is 3.02. The van der Waals surface area contributed by atoms with Gasteiger partial charge in [-0.3, -0.25) is 14.6 Å². The lowest BCUT2D eigenvalue weighted by Gasteiger charge is -2.11. The van der Waals surface area contributed by atoms with E-state index in [9.17, 15) is 9.59 Å². The monoisotopic (exact) mass is 420 g/mol. The quantitative estimate of drug-likeness (QED) is 0.460. The number of carboxylic acids is 1. The van der Waals surface area contributed by atoms with Gasteiger partial charge in [-0.1, -0.05) is 41.9 Å². The van der Waals surface area contributed by atoms with Crippen LogP contribution in [0.15, 0.2) is 79.1 Å². The maximum absolute atomic E-state index is 12.5. The van der Waals surface area contributed by atoms with Crippen molar-refractivity contribution in [3.8, 4) is 0 Å². The van der Waals surface area contributed by atoms with E-state index in [-0.39, 0.29) is 12.3 Å². The second-order valence-electron chi connectivity index (χ2n) is 6.69. The van der Waals surface area contributed by atoms with E-state index in [4.69, 9.17) is 16.7 Å². The maximum atomic E-state index is 12.5. The minimum absolute atomic E-state index is 0.118. The molecule has 0 unspecified atom stereocenters. The van der Waals surface area contributed by atoms with Crippen molar-refractivity contribution in [2.75, 3.05) is 5.32 Å². The highest BCUT2D eigenvalue weighted by atomic mass is 35.5. The number of hydrogen-bond donors (Lipinski definition) is 2. The lowest BCUT2D eigenvalue weighted by molar-refractivity contribution is -0.137. The Kier molecular flexibility index (Phi) is 7.35. The molecule has 0 saturated carbocycles. The van der Waals surface area contributed by atoms with Crippen LogP contribution in [0.1, 0.15) is 40.7 Å². The van der Waals surface area contributed by atoms with E-state index in [1.54, 1.807) is 36.7 Å². The second kappa shape index (κ2) is 10.4. The van der Waals surface area contributed by atoms with Crippen LogP contribution in [0, 0.1) is 0 Å².